The molecule has 6 nitrogen and oxygen atoms in total. The van der Waals surface area contributed by atoms with Gasteiger partial charge in [0.05, 0.1) is 30.6 Å². The normalized spacial score (nSPS) is 10.5. The smallest absolute Gasteiger partial charge is 0.171 e. The van der Waals surface area contributed by atoms with Crippen molar-refractivity contribution in [3.05, 3.63) is 58.9 Å². The Balaban J connectivity index is 1.90. The lowest BCUT2D eigenvalue weighted by atomic mass is 10.1. The molecule has 0 spiro atoms. The Hall–Kier alpha value is -3.06. The molecule has 0 aliphatic rings. The zero-order chi connectivity index (χ0) is 20.1. The van der Waals surface area contributed by atoms with Crippen molar-refractivity contribution >= 4 is 23.1 Å². The molecule has 0 atom stereocenters. The lowest BCUT2D eigenvalue weighted by Crippen LogP contribution is -2.07. The second kappa shape index (κ2) is 8.75. The van der Waals surface area contributed by atoms with Gasteiger partial charge in [-0.05, 0) is 36.4 Å². The number of nitrogens with zero attached hydrogens (tertiary/aromatic N) is 2. The maximum absolute atomic E-state index is 13.6. The first-order valence-corrected chi connectivity index (χ1v) is 8.89. The third-order valence-corrected chi connectivity index (χ3v) is 4.53. The van der Waals surface area contributed by atoms with E-state index in [2.05, 4.69) is 20.8 Å². The van der Waals surface area contributed by atoms with Crippen LogP contribution in [0.2, 0.25) is 5.02 Å². The van der Waals surface area contributed by atoms with E-state index in [9.17, 15) is 4.39 Å². The molecule has 0 amide bonds. The second-order valence-corrected chi connectivity index (χ2v) is 6.30. The van der Waals surface area contributed by atoms with E-state index in [0.717, 1.165) is 5.56 Å². The Labute approximate surface area is 167 Å². The molecule has 28 heavy (non-hydrogen) atoms. The highest BCUT2D eigenvalue weighted by Gasteiger charge is 2.12. The van der Waals surface area contributed by atoms with Gasteiger partial charge in [0.1, 0.15) is 17.3 Å². The minimum Gasteiger partial charge on any atom is -0.497 e. The number of hydrogen-bond donors (Lipinski definition) is 2. The van der Waals surface area contributed by atoms with Gasteiger partial charge in [-0.15, -0.1) is 10.2 Å². The number of ether oxygens (including phenoxy) is 2. The highest BCUT2D eigenvalue weighted by molar-refractivity contribution is 6.33. The van der Waals surface area contributed by atoms with Crippen molar-refractivity contribution in [2.75, 3.05) is 31.9 Å². The summed E-state index contributed by atoms with van der Waals surface area (Å²) in [5, 5.41) is 15.0. The molecular weight excluding hydrogens is 383 g/mol. The molecule has 0 saturated heterocycles. The zero-order valence-electron chi connectivity index (χ0n) is 15.7. The van der Waals surface area contributed by atoms with Crippen LogP contribution in [-0.4, -0.2) is 31.5 Å². The van der Waals surface area contributed by atoms with Gasteiger partial charge in [-0.25, -0.2) is 4.39 Å². The fraction of sp³-hybridized carbons (Fsp3) is 0.200. The number of methoxy groups -OCH3 is 2. The second-order valence-electron chi connectivity index (χ2n) is 5.90. The standard InChI is InChI=1S/C20H20ClFN4O2/c1-23-20-18(24-11-12-4-6-14(27-2)9-19(12)28-3)10-17(25-26-20)15-8-13(22)5-7-16(15)21/h4-10H,11H2,1-3H3,(H,23,26)(H,24,25). The molecule has 1 heterocycles. The molecule has 3 rings (SSSR count). The van der Waals surface area contributed by atoms with E-state index < -0.39 is 5.82 Å². The van der Waals surface area contributed by atoms with Crippen LogP contribution in [0.3, 0.4) is 0 Å². The topological polar surface area (TPSA) is 68.3 Å². The van der Waals surface area contributed by atoms with Gasteiger partial charge in [0.15, 0.2) is 5.82 Å². The number of rotatable bonds is 7. The quantitative estimate of drug-likeness (QED) is 0.601. The first-order valence-electron chi connectivity index (χ1n) is 8.51. The van der Waals surface area contributed by atoms with Crippen LogP contribution in [0.1, 0.15) is 5.56 Å². The highest BCUT2D eigenvalue weighted by Crippen LogP contribution is 2.31. The van der Waals surface area contributed by atoms with E-state index >= 15 is 0 Å². The lowest BCUT2D eigenvalue weighted by molar-refractivity contribution is 0.391. The summed E-state index contributed by atoms with van der Waals surface area (Å²) < 4.78 is 24.3. The van der Waals surface area contributed by atoms with Crippen molar-refractivity contribution in [3.63, 3.8) is 0 Å². The molecule has 0 saturated carbocycles. The molecule has 8 heteroatoms. The van der Waals surface area contributed by atoms with Crippen LogP contribution in [0.15, 0.2) is 42.5 Å². The maximum Gasteiger partial charge on any atom is 0.171 e. The minimum absolute atomic E-state index is 0.392. The summed E-state index contributed by atoms with van der Waals surface area (Å²) in [6.07, 6.45) is 0. The molecule has 0 fully saturated rings. The SMILES string of the molecule is CNc1nnc(-c2cc(F)ccc2Cl)cc1NCc1ccc(OC)cc1OC. The molecule has 2 aromatic carbocycles. The van der Waals surface area contributed by atoms with E-state index in [0.29, 0.717) is 45.8 Å². The summed E-state index contributed by atoms with van der Waals surface area (Å²) >= 11 is 6.20. The van der Waals surface area contributed by atoms with E-state index in [-0.39, 0.29) is 0 Å². The van der Waals surface area contributed by atoms with E-state index in [1.54, 1.807) is 27.3 Å². The van der Waals surface area contributed by atoms with Gasteiger partial charge in [0, 0.05) is 30.8 Å². The fourth-order valence-electron chi connectivity index (χ4n) is 2.72. The molecule has 2 N–H and O–H groups in total. The molecule has 0 aliphatic carbocycles. The van der Waals surface area contributed by atoms with Gasteiger partial charge in [-0.2, -0.15) is 0 Å². The minimum atomic E-state index is -0.392. The number of nitrogens with one attached hydrogen (secondary N) is 2. The molecule has 3 aromatic rings. The molecule has 146 valence electrons. The predicted octanol–water partition coefficient (Wildman–Crippen LogP) is 4.61. The van der Waals surface area contributed by atoms with Crippen LogP contribution >= 0.6 is 11.6 Å². The summed E-state index contributed by atoms with van der Waals surface area (Å²) in [7, 11) is 4.96. The average molecular weight is 403 g/mol. The largest absolute Gasteiger partial charge is 0.497 e. The number of aromatic nitrogens is 2. The van der Waals surface area contributed by atoms with Crippen LogP contribution in [0, 0.1) is 5.82 Å². The Morgan fingerprint density at radius 2 is 1.86 bits per heavy atom. The van der Waals surface area contributed by atoms with Gasteiger partial charge in [0.2, 0.25) is 0 Å². The monoisotopic (exact) mass is 402 g/mol. The molecule has 0 radical (unpaired) electrons. The number of halogens is 2. The van der Waals surface area contributed by atoms with Gasteiger partial charge in [-0.3, -0.25) is 0 Å². The summed E-state index contributed by atoms with van der Waals surface area (Å²) in [6.45, 7) is 0.476. The van der Waals surface area contributed by atoms with E-state index in [1.807, 2.05) is 18.2 Å². The van der Waals surface area contributed by atoms with Crippen LogP contribution in [-0.2, 0) is 6.54 Å². The van der Waals surface area contributed by atoms with Gasteiger partial charge in [-0.1, -0.05) is 11.6 Å². The number of benzene rings is 2. The summed E-state index contributed by atoms with van der Waals surface area (Å²) in [4.78, 5) is 0. The third kappa shape index (κ3) is 4.26. The first kappa shape index (κ1) is 19.7. The maximum atomic E-state index is 13.6. The van der Waals surface area contributed by atoms with Crippen LogP contribution in [0.4, 0.5) is 15.9 Å². The highest BCUT2D eigenvalue weighted by atomic mass is 35.5. The van der Waals surface area contributed by atoms with Gasteiger partial charge < -0.3 is 20.1 Å². The Morgan fingerprint density at radius 3 is 2.57 bits per heavy atom. The number of anilines is 2. The molecule has 0 unspecified atom stereocenters. The fourth-order valence-corrected chi connectivity index (χ4v) is 2.94. The van der Waals surface area contributed by atoms with Crippen molar-refractivity contribution in [3.8, 4) is 22.8 Å². The van der Waals surface area contributed by atoms with Crippen molar-refractivity contribution < 1.29 is 13.9 Å². The first-order chi connectivity index (χ1) is 13.5. The predicted molar refractivity (Wildman–Crippen MR) is 109 cm³/mol. The summed E-state index contributed by atoms with van der Waals surface area (Å²) in [5.74, 6) is 1.58. The van der Waals surface area contributed by atoms with Crippen molar-refractivity contribution in [2.24, 2.45) is 0 Å². The van der Waals surface area contributed by atoms with E-state index in [1.165, 1.54) is 18.2 Å². The lowest BCUT2D eigenvalue weighted by Gasteiger charge is -2.15. The van der Waals surface area contributed by atoms with Gasteiger partial charge in [0.25, 0.3) is 0 Å². The van der Waals surface area contributed by atoms with Crippen LogP contribution in [0.5, 0.6) is 11.5 Å². The number of hydrogen-bond acceptors (Lipinski definition) is 6. The third-order valence-electron chi connectivity index (χ3n) is 4.20. The summed E-state index contributed by atoms with van der Waals surface area (Å²) in [6, 6.07) is 11.5. The van der Waals surface area contributed by atoms with Crippen molar-refractivity contribution in [2.45, 2.75) is 6.54 Å². The molecular formula is C20H20ClFN4O2. The molecule has 0 aliphatic heterocycles. The Bertz CT molecular complexity index is 984. The van der Waals surface area contributed by atoms with Crippen molar-refractivity contribution in [1.82, 2.24) is 10.2 Å². The Morgan fingerprint density at radius 1 is 1.04 bits per heavy atom. The van der Waals surface area contributed by atoms with Gasteiger partial charge >= 0.3 is 0 Å². The Kier molecular flexibility index (Phi) is 6.16. The van der Waals surface area contributed by atoms with Crippen LogP contribution < -0.4 is 20.1 Å². The zero-order valence-corrected chi connectivity index (χ0v) is 16.5. The van der Waals surface area contributed by atoms with E-state index in [4.69, 9.17) is 21.1 Å². The van der Waals surface area contributed by atoms with Crippen LogP contribution in [0.25, 0.3) is 11.3 Å². The average Bonchev–Trinajstić information content (AvgIpc) is 2.73. The molecule has 1 aromatic heterocycles. The van der Waals surface area contributed by atoms with Crippen molar-refractivity contribution in [1.29, 1.82) is 0 Å². The molecule has 0 bridgehead atoms. The summed E-state index contributed by atoms with van der Waals surface area (Å²) in [5.41, 5.74) is 2.58.